The van der Waals surface area contributed by atoms with Crippen LogP contribution in [-0.4, -0.2) is 5.33 Å². The smallest absolute Gasteiger partial charge is 0.142 e. The highest BCUT2D eigenvalue weighted by molar-refractivity contribution is 9.09. The molecule has 4 heteroatoms. The summed E-state index contributed by atoms with van der Waals surface area (Å²) in [6.45, 7) is 3.58. The zero-order valence-electron chi connectivity index (χ0n) is 6.58. The van der Waals surface area contributed by atoms with Gasteiger partial charge in [0.25, 0.3) is 0 Å². The van der Waals surface area contributed by atoms with Gasteiger partial charge in [-0.25, -0.2) is 8.78 Å². The first-order valence-electron chi connectivity index (χ1n) is 3.45. The van der Waals surface area contributed by atoms with Crippen LogP contribution in [0, 0.1) is 11.6 Å². The van der Waals surface area contributed by atoms with E-state index < -0.39 is 11.6 Å². The monoisotopic (exact) mass is 266 g/mol. The Kier molecular flexibility index (Phi) is 3.45. The molecule has 0 aromatic heterocycles. The second-order valence-corrected chi connectivity index (χ2v) is 3.45. The predicted octanol–water partition coefficient (Wildman–Crippen LogP) is 4.03. The Morgan fingerprint density at radius 1 is 1.38 bits per heavy atom. The van der Waals surface area contributed by atoms with Gasteiger partial charge in [0.2, 0.25) is 0 Å². The Morgan fingerprint density at radius 3 is 2.54 bits per heavy atom. The molecular formula is C9H6BrClF2. The lowest BCUT2D eigenvalue weighted by Crippen LogP contribution is -1.92. The maximum Gasteiger partial charge on any atom is 0.142 e. The summed E-state index contributed by atoms with van der Waals surface area (Å²) in [5, 5.41) is 0.175. The average molecular weight is 268 g/mol. The number of halogens is 4. The number of rotatable bonds is 2. The summed E-state index contributed by atoms with van der Waals surface area (Å²) in [5.41, 5.74) is 0.631. The van der Waals surface area contributed by atoms with Crippen molar-refractivity contribution in [2.24, 2.45) is 0 Å². The fourth-order valence-electron chi connectivity index (χ4n) is 0.865. The van der Waals surface area contributed by atoms with Crippen molar-refractivity contribution in [2.75, 3.05) is 5.33 Å². The molecule has 0 unspecified atom stereocenters. The highest BCUT2D eigenvalue weighted by Gasteiger charge is 2.09. The zero-order chi connectivity index (χ0) is 10.0. The van der Waals surface area contributed by atoms with Gasteiger partial charge in [-0.15, -0.1) is 0 Å². The number of allylic oxidation sites excluding steroid dienone is 1. The molecule has 1 aromatic rings. The Morgan fingerprint density at radius 2 is 2.00 bits per heavy atom. The highest BCUT2D eigenvalue weighted by atomic mass is 79.9. The summed E-state index contributed by atoms with van der Waals surface area (Å²) >= 11 is 8.48. The second-order valence-electron chi connectivity index (χ2n) is 2.48. The molecule has 0 aliphatic heterocycles. The third kappa shape index (κ3) is 2.29. The van der Waals surface area contributed by atoms with Gasteiger partial charge < -0.3 is 0 Å². The lowest BCUT2D eigenvalue weighted by molar-refractivity contribution is 0.597. The van der Waals surface area contributed by atoms with Crippen molar-refractivity contribution >= 4 is 33.1 Å². The van der Waals surface area contributed by atoms with Crippen LogP contribution in [0.15, 0.2) is 18.7 Å². The molecule has 0 amide bonds. The van der Waals surface area contributed by atoms with Crippen LogP contribution in [0.4, 0.5) is 8.78 Å². The predicted molar refractivity (Wildman–Crippen MR) is 54.2 cm³/mol. The average Bonchev–Trinajstić information content (AvgIpc) is 2.10. The number of hydrogen-bond acceptors (Lipinski definition) is 0. The van der Waals surface area contributed by atoms with Gasteiger partial charge in [0.1, 0.15) is 11.6 Å². The first-order chi connectivity index (χ1) is 6.06. The van der Waals surface area contributed by atoms with E-state index in [1.54, 1.807) is 0 Å². The van der Waals surface area contributed by atoms with E-state index >= 15 is 0 Å². The number of hydrogen-bond donors (Lipinski definition) is 0. The van der Waals surface area contributed by atoms with E-state index in [9.17, 15) is 8.78 Å². The SMILES string of the molecule is C=C(CBr)c1cc(F)c(Cl)cc1F. The van der Waals surface area contributed by atoms with E-state index in [1.807, 2.05) is 0 Å². The van der Waals surface area contributed by atoms with Crippen LogP contribution >= 0.6 is 27.5 Å². The largest absolute Gasteiger partial charge is 0.206 e. The molecule has 0 N–H and O–H groups in total. The van der Waals surface area contributed by atoms with Crippen LogP contribution < -0.4 is 0 Å². The molecular weight excluding hydrogens is 261 g/mol. The number of alkyl halides is 1. The Labute approximate surface area is 88.3 Å². The molecule has 0 saturated carbocycles. The Bertz CT molecular complexity index is 350. The molecule has 1 rings (SSSR count). The lowest BCUT2D eigenvalue weighted by atomic mass is 10.1. The zero-order valence-corrected chi connectivity index (χ0v) is 8.92. The van der Waals surface area contributed by atoms with Crippen molar-refractivity contribution in [3.05, 3.63) is 40.9 Å². The van der Waals surface area contributed by atoms with Crippen LogP contribution in [0.25, 0.3) is 5.57 Å². The summed E-state index contributed by atoms with van der Waals surface area (Å²) in [6, 6.07) is 1.99. The summed E-state index contributed by atoms with van der Waals surface area (Å²) in [5.74, 6) is -1.20. The van der Waals surface area contributed by atoms with E-state index in [0.717, 1.165) is 12.1 Å². The molecule has 1 aromatic carbocycles. The molecule has 0 fully saturated rings. The standard InChI is InChI=1S/C9H6BrClF2/c1-5(4-10)6-2-9(13)7(11)3-8(6)12/h2-3H,1,4H2. The summed E-state index contributed by atoms with van der Waals surface area (Å²) in [6.07, 6.45) is 0. The Balaban J connectivity index is 3.23. The normalized spacial score (nSPS) is 10.2. The third-order valence-corrected chi connectivity index (χ3v) is 2.52. The highest BCUT2D eigenvalue weighted by Crippen LogP contribution is 2.24. The lowest BCUT2D eigenvalue weighted by Gasteiger charge is -2.04. The van der Waals surface area contributed by atoms with E-state index in [1.165, 1.54) is 0 Å². The Hall–Kier alpha value is -0.410. The van der Waals surface area contributed by atoms with Crippen LogP contribution in [-0.2, 0) is 0 Å². The third-order valence-electron chi connectivity index (χ3n) is 1.55. The first kappa shape index (κ1) is 10.7. The van der Waals surface area contributed by atoms with Crippen molar-refractivity contribution in [3.8, 4) is 0 Å². The topological polar surface area (TPSA) is 0 Å². The van der Waals surface area contributed by atoms with Gasteiger partial charge in [-0.1, -0.05) is 34.1 Å². The van der Waals surface area contributed by atoms with Crippen LogP contribution in [0.2, 0.25) is 5.02 Å². The molecule has 0 atom stereocenters. The van der Waals surface area contributed by atoms with Gasteiger partial charge in [-0.2, -0.15) is 0 Å². The molecule has 0 aliphatic carbocycles. The van der Waals surface area contributed by atoms with Gasteiger partial charge in [-0.05, 0) is 17.7 Å². The second kappa shape index (κ2) is 4.20. The van der Waals surface area contributed by atoms with Crippen molar-refractivity contribution in [2.45, 2.75) is 0 Å². The van der Waals surface area contributed by atoms with Crippen molar-refractivity contribution in [3.63, 3.8) is 0 Å². The van der Waals surface area contributed by atoms with Crippen molar-refractivity contribution < 1.29 is 8.78 Å². The fraction of sp³-hybridized carbons (Fsp3) is 0.111. The summed E-state index contributed by atoms with van der Waals surface area (Å²) in [4.78, 5) is 0. The molecule has 0 spiro atoms. The van der Waals surface area contributed by atoms with Crippen LogP contribution in [0.5, 0.6) is 0 Å². The maximum atomic E-state index is 13.1. The van der Waals surface area contributed by atoms with Gasteiger partial charge in [-0.3, -0.25) is 0 Å². The van der Waals surface area contributed by atoms with E-state index in [4.69, 9.17) is 11.6 Å². The molecule has 0 radical (unpaired) electrons. The maximum absolute atomic E-state index is 13.1. The van der Waals surface area contributed by atoms with Gasteiger partial charge in [0.05, 0.1) is 5.02 Å². The molecule has 0 saturated heterocycles. The molecule has 13 heavy (non-hydrogen) atoms. The van der Waals surface area contributed by atoms with E-state index in [0.29, 0.717) is 10.9 Å². The molecule has 70 valence electrons. The summed E-state index contributed by atoms with van der Waals surface area (Å²) in [7, 11) is 0. The fourth-order valence-corrected chi connectivity index (χ4v) is 1.32. The quantitative estimate of drug-likeness (QED) is 0.561. The first-order valence-corrected chi connectivity index (χ1v) is 4.95. The minimum Gasteiger partial charge on any atom is -0.206 e. The van der Waals surface area contributed by atoms with Gasteiger partial charge in [0.15, 0.2) is 0 Å². The number of benzene rings is 1. The van der Waals surface area contributed by atoms with Gasteiger partial charge >= 0.3 is 0 Å². The minimum absolute atomic E-state index is 0.152. The van der Waals surface area contributed by atoms with Crippen molar-refractivity contribution in [1.29, 1.82) is 0 Å². The van der Waals surface area contributed by atoms with E-state index in [2.05, 4.69) is 22.5 Å². The minimum atomic E-state index is -0.639. The van der Waals surface area contributed by atoms with E-state index in [-0.39, 0.29) is 10.6 Å². The van der Waals surface area contributed by atoms with Crippen molar-refractivity contribution in [1.82, 2.24) is 0 Å². The van der Waals surface area contributed by atoms with Gasteiger partial charge in [0, 0.05) is 10.9 Å². The van der Waals surface area contributed by atoms with Crippen LogP contribution in [0.1, 0.15) is 5.56 Å². The molecule has 0 aliphatic rings. The molecule has 0 bridgehead atoms. The molecule has 0 heterocycles. The molecule has 0 nitrogen and oxygen atoms in total. The summed E-state index contributed by atoms with van der Waals surface area (Å²) < 4.78 is 26.0. The van der Waals surface area contributed by atoms with Crippen LogP contribution in [0.3, 0.4) is 0 Å².